The van der Waals surface area contributed by atoms with E-state index in [2.05, 4.69) is 14.8 Å². The van der Waals surface area contributed by atoms with Crippen molar-refractivity contribution in [1.29, 1.82) is 0 Å². The number of halogens is 1. The highest BCUT2D eigenvalue weighted by atomic mass is 32.2. The molecule has 9 heteroatoms. The molecule has 0 saturated carbocycles. The molecule has 7 nitrogen and oxygen atoms in total. The number of phenols is 1. The first kappa shape index (κ1) is 23.2. The molecule has 1 N–H and O–H groups in total. The van der Waals surface area contributed by atoms with Crippen molar-refractivity contribution in [3.05, 3.63) is 78.6 Å². The topological polar surface area (TPSA) is 86.6 Å². The van der Waals surface area contributed by atoms with Crippen molar-refractivity contribution in [2.45, 2.75) is 4.90 Å². The fourth-order valence-corrected chi connectivity index (χ4v) is 5.59. The molecule has 0 aliphatic carbocycles. The van der Waals surface area contributed by atoms with Gasteiger partial charge in [0.15, 0.2) is 15.7 Å². The van der Waals surface area contributed by atoms with Crippen molar-refractivity contribution < 1.29 is 17.9 Å². The molecule has 2 heterocycles. The lowest BCUT2D eigenvalue weighted by Gasteiger charge is -2.35. The number of fused-ring (bicyclic) bond motifs is 1. The van der Waals surface area contributed by atoms with E-state index < -0.39 is 9.84 Å². The number of phenolic OH excluding ortho intramolecular Hbond substituents is 1. The monoisotopic (exact) mass is 492 g/mol. The van der Waals surface area contributed by atoms with E-state index in [1.807, 2.05) is 0 Å². The molecule has 0 spiro atoms. The number of hydrogen-bond acceptors (Lipinski definition) is 7. The summed E-state index contributed by atoms with van der Waals surface area (Å²) in [6.07, 6.45) is 0. The first-order valence-electron chi connectivity index (χ1n) is 11.4. The summed E-state index contributed by atoms with van der Waals surface area (Å²) in [6.45, 7) is 2.95. The summed E-state index contributed by atoms with van der Waals surface area (Å²) >= 11 is 0. The Morgan fingerprint density at radius 3 is 2.34 bits per heavy atom. The molecule has 1 saturated heterocycles. The number of aromatic hydroxyl groups is 1. The molecule has 1 aromatic heterocycles. The SMILES string of the molecule is O=S(=O)(CCN1CCN(c2nc(-c3ccccc3O)nc3ccc(F)cc23)CC1)c1ccccc1. The highest BCUT2D eigenvalue weighted by molar-refractivity contribution is 7.91. The Morgan fingerprint density at radius 1 is 0.886 bits per heavy atom. The summed E-state index contributed by atoms with van der Waals surface area (Å²) < 4.78 is 39.4. The van der Waals surface area contributed by atoms with E-state index in [0.717, 1.165) is 0 Å². The Morgan fingerprint density at radius 2 is 1.60 bits per heavy atom. The maximum Gasteiger partial charge on any atom is 0.179 e. The van der Waals surface area contributed by atoms with E-state index in [1.165, 1.54) is 12.1 Å². The number of rotatable bonds is 6. The molecule has 0 unspecified atom stereocenters. The number of anilines is 1. The molecule has 0 amide bonds. The predicted molar refractivity (Wildman–Crippen MR) is 134 cm³/mol. The molecule has 180 valence electrons. The van der Waals surface area contributed by atoms with Gasteiger partial charge in [-0.3, -0.25) is 4.90 Å². The number of sulfone groups is 1. The maximum absolute atomic E-state index is 14.1. The van der Waals surface area contributed by atoms with Crippen molar-refractivity contribution in [3.63, 3.8) is 0 Å². The average molecular weight is 493 g/mol. The van der Waals surface area contributed by atoms with Crippen LogP contribution in [0.4, 0.5) is 10.2 Å². The number of hydrogen-bond donors (Lipinski definition) is 1. The fraction of sp³-hybridized carbons (Fsp3) is 0.231. The molecule has 1 aliphatic rings. The quantitative estimate of drug-likeness (QED) is 0.439. The molecule has 35 heavy (non-hydrogen) atoms. The second-order valence-electron chi connectivity index (χ2n) is 8.51. The third kappa shape index (κ3) is 4.96. The Hall–Kier alpha value is -3.56. The van der Waals surface area contributed by atoms with Gasteiger partial charge in [-0.2, -0.15) is 0 Å². The number of para-hydroxylation sites is 1. The molecule has 1 fully saturated rings. The zero-order valence-corrected chi connectivity index (χ0v) is 19.8. The van der Waals surface area contributed by atoms with Crippen LogP contribution in [0.25, 0.3) is 22.3 Å². The van der Waals surface area contributed by atoms with Gasteiger partial charge in [-0.25, -0.2) is 22.8 Å². The minimum absolute atomic E-state index is 0.0517. The molecular weight excluding hydrogens is 467 g/mol. The first-order chi connectivity index (χ1) is 16.9. The number of aromatic nitrogens is 2. The molecule has 3 aromatic carbocycles. The Kier molecular flexibility index (Phi) is 6.36. The molecule has 1 aliphatic heterocycles. The van der Waals surface area contributed by atoms with Gasteiger partial charge in [0.2, 0.25) is 0 Å². The second kappa shape index (κ2) is 9.59. The number of benzene rings is 3. The zero-order chi connectivity index (χ0) is 24.4. The summed E-state index contributed by atoms with van der Waals surface area (Å²) in [7, 11) is -3.34. The standard InChI is InChI=1S/C26H25FN4O3S/c27-19-10-11-23-22(18-19)26(29-25(28-23)21-8-4-5-9-24(21)32)31-14-12-30(13-15-31)16-17-35(33,34)20-6-2-1-3-7-20/h1-11,18,32H,12-17H2. The Bertz CT molecular complexity index is 1460. The zero-order valence-electron chi connectivity index (χ0n) is 19.0. The van der Waals surface area contributed by atoms with Crippen LogP contribution in [0.1, 0.15) is 0 Å². The first-order valence-corrected chi connectivity index (χ1v) is 13.1. The van der Waals surface area contributed by atoms with Gasteiger partial charge in [-0.15, -0.1) is 0 Å². The Labute approximate surface area is 203 Å². The maximum atomic E-state index is 14.1. The lowest BCUT2D eigenvalue weighted by atomic mass is 10.1. The summed E-state index contributed by atoms with van der Waals surface area (Å²) in [5, 5.41) is 10.9. The van der Waals surface area contributed by atoms with Gasteiger partial charge in [0.25, 0.3) is 0 Å². The van der Waals surface area contributed by atoms with E-state index in [0.29, 0.717) is 65.7 Å². The molecule has 4 aromatic rings. The molecule has 0 atom stereocenters. The second-order valence-corrected chi connectivity index (χ2v) is 10.6. The third-order valence-corrected chi connectivity index (χ3v) is 7.94. The van der Waals surface area contributed by atoms with Crippen LogP contribution < -0.4 is 4.90 Å². The van der Waals surface area contributed by atoms with Crippen LogP contribution in [0.15, 0.2) is 77.7 Å². The summed E-state index contributed by atoms with van der Waals surface area (Å²) in [6, 6.07) is 19.7. The normalized spacial score (nSPS) is 14.9. The molecule has 0 bridgehead atoms. The van der Waals surface area contributed by atoms with Crippen LogP contribution >= 0.6 is 0 Å². The minimum Gasteiger partial charge on any atom is -0.507 e. The fourth-order valence-electron chi connectivity index (χ4n) is 4.29. The largest absolute Gasteiger partial charge is 0.507 e. The number of piperazine rings is 1. The van der Waals surface area contributed by atoms with Gasteiger partial charge >= 0.3 is 0 Å². The molecular formula is C26H25FN4O3S. The van der Waals surface area contributed by atoms with Gasteiger partial charge in [0.05, 0.1) is 21.7 Å². The van der Waals surface area contributed by atoms with E-state index in [9.17, 15) is 17.9 Å². The average Bonchev–Trinajstić information content (AvgIpc) is 2.88. The molecule has 5 rings (SSSR count). The van der Waals surface area contributed by atoms with Gasteiger partial charge < -0.3 is 10.0 Å². The van der Waals surface area contributed by atoms with Gasteiger partial charge in [-0.1, -0.05) is 30.3 Å². The third-order valence-electron chi connectivity index (χ3n) is 6.23. The predicted octanol–water partition coefficient (Wildman–Crippen LogP) is 3.74. The summed E-state index contributed by atoms with van der Waals surface area (Å²) in [5.74, 6) is 0.723. The van der Waals surface area contributed by atoms with Gasteiger partial charge in [0, 0.05) is 38.1 Å². The summed E-state index contributed by atoms with van der Waals surface area (Å²) in [5.41, 5.74) is 1.09. The minimum atomic E-state index is -3.34. The Balaban J connectivity index is 1.36. The highest BCUT2D eigenvalue weighted by Gasteiger charge is 2.24. The lowest BCUT2D eigenvalue weighted by molar-refractivity contribution is 0.271. The van der Waals surface area contributed by atoms with E-state index in [4.69, 9.17) is 4.98 Å². The summed E-state index contributed by atoms with van der Waals surface area (Å²) in [4.78, 5) is 13.8. The van der Waals surface area contributed by atoms with Crippen LogP contribution in [0.2, 0.25) is 0 Å². The van der Waals surface area contributed by atoms with E-state index in [1.54, 1.807) is 60.7 Å². The van der Waals surface area contributed by atoms with Crippen molar-refractivity contribution >= 4 is 26.6 Å². The van der Waals surface area contributed by atoms with E-state index >= 15 is 0 Å². The van der Waals surface area contributed by atoms with Gasteiger partial charge in [-0.05, 0) is 42.5 Å². The highest BCUT2D eigenvalue weighted by Crippen LogP contribution is 2.32. The number of nitrogens with zero attached hydrogens (tertiary/aromatic N) is 4. The van der Waals surface area contributed by atoms with Crippen LogP contribution in [0, 0.1) is 5.82 Å². The van der Waals surface area contributed by atoms with Crippen molar-refractivity contribution in [1.82, 2.24) is 14.9 Å². The van der Waals surface area contributed by atoms with Crippen LogP contribution in [-0.4, -0.2) is 66.9 Å². The lowest BCUT2D eigenvalue weighted by Crippen LogP contribution is -2.48. The van der Waals surface area contributed by atoms with Crippen molar-refractivity contribution in [2.24, 2.45) is 0 Å². The van der Waals surface area contributed by atoms with Crippen LogP contribution in [-0.2, 0) is 9.84 Å². The van der Waals surface area contributed by atoms with Gasteiger partial charge in [0.1, 0.15) is 17.4 Å². The smallest absolute Gasteiger partial charge is 0.179 e. The van der Waals surface area contributed by atoms with Crippen molar-refractivity contribution in [2.75, 3.05) is 43.4 Å². The van der Waals surface area contributed by atoms with E-state index in [-0.39, 0.29) is 17.3 Å². The van der Waals surface area contributed by atoms with Crippen LogP contribution in [0.5, 0.6) is 5.75 Å². The van der Waals surface area contributed by atoms with Crippen LogP contribution in [0.3, 0.4) is 0 Å². The van der Waals surface area contributed by atoms with Crippen molar-refractivity contribution in [3.8, 4) is 17.1 Å². The molecule has 0 radical (unpaired) electrons.